The van der Waals surface area contributed by atoms with Crippen LogP contribution in [0.5, 0.6) is 0 Å². The van der Waals surface area contributed by atoms with Gasteiger partial charge < -0.3 is 9.59 Å². The molecule has 0 heterocycles. The van der Waals surface area contributed by atoms with Gasteiger partial charge in [0.15, 0.2) is 0 Å². The van der Waals surface area contributed by atoms with Crippen LogP contribution in [0.1, 0.15) is 23.5 Å². The number of fused-ring (bicyclic) bond motifs is 1. The van der Waals surface area contributed by atoms with Crippen LogP contribution in [0.3, 0.4) is 0 Å². The van der Waals surface area contributed by atoms with E-state index in [0.29, 0.717) is 6.42 Å². The first-order valence-corrected chi connectivity index (χ1v) is 4.83. The minimum atomic E-state index is -0.0728. The summed E-state index contributed by atoms with van der Waals surface area (Å²) in [7, 11) is 0. The van der Waals surface area contributed by atoms with Crippen LogP contribution in [0.15, 0.2) is 24.3 Å². The predicted molar refractivity (Wildman–Crippen MR) is 53.1 cm³/mol. The Kier molecular flexibility index (Phi) is 2.44. The van der Waals surface area contributed by atoms with Crippen molar-refractivity contribution in [1.82, 2.24) is 0 Å². The van der Waals surface area contributed by atoms with Crippen LogP contribution >= 0.6 is 0 Å². The van der Waals surface area contributed by atoms with Gasteiger partial charge >= 0.3 is 0 Å². The summed E-state index contributed by atoms with van der Waals surface area (Å²) < 4.78 is 0. The summed E-state index contributed by atoms with van der Waals surface area (Å²) in [5.41, 5.74) is 2.32. The highest BCUT2D eigenvalue weighted by Gasteiger charge is 2.31. The van der Waals surface area contributed by atoms with Crippen LogP contribution in [0.4, 0.5) is 0 Å². The molecule has 1 aromatic rings. The van der Waals surface area contributed by atoms with E-state index in [1.165, 1.54) is 5.56 Å². The molecule has 0 saturated heterocycles. The Morgan fingerprint density at radius 3 is 2.79 bits per heavy atom. The highest BCUT2D eigenvalue weighted by molar-refractivity contribution is 5.67. The third kappa shape index (κ3) is 1.37. The van der Waals surface area contributed by atoms with Gasteiger partial charge in [0.2, 0.25) is 0 Å². The first-order chi connectivity index (χ1) is 6.86. The van der Waals surface area contributed by atoms with Crippen molar-refractivity contribution in [1.29, 1.82) is 0 Å². The van der Waals surface area contributed by atoms with E-state index in [4.69, 9.17) is 0 Å². The van der Waals surface area contributed by atoms with Crippen LogP contribution in [-0.4, -0.2) is 12.6 Å². The number of carbonyl (C=O) groups is 2. The van der Waals surface area contributed by atoms with Crippen molar-refractivity contribution in [3.63, 3.8) is 0 Å². The summed E-state index contributed by atoms with van der Waals surface area (Å²) >= 11 is 0. The zero-order valence-corrected chi connectivity index (χ0v) is 7.85. The molecule has 0 radical (unpaired) electrons. The van der Waals surface area contributed by atoms with Crippen LogP contribution in [-0.2, 0) is 16.0 Å². The Bertz CT molecular complexity index is 357. The summed E-state index contributed by atoms with van der Waals surface area (Å²) in [6, 6.07) is 7.94. The fraction of sp³-hybridized carbons (Fsp3) is 0.333. The van der Waals surface area contributed by atoms with E-state index in [1.807, 2.05) is 24.3 Å². The van der Waals surface area contributed by atoms with Crippen LogP contribution < -0.4 is 0 Å². The molecule has 72 valence electrons. The topological polar surface area (TPSA) is 34.1 Å². The van der Waals surface area contributed by atoms with Gasteiger partial charge in [-0.1, -0.05) is 24.3 Å². The molecule has 0 fully saturated rings. The molecule has 2 heteroatoms. The quantitative estimate of drug-likeness (QED) is 0.677. The van der Waals surface area contributed by atoms with Gasteiger partial charge in [0, 0.05) is 12.3 Å². The summed E-state index contributed by atoms with van der Waals surface area (Å²) in [6.07, 6.45) is 3.23. The maximum absolute atomic E-state index is 10.9. The second kappa shape index (κ2) is 3.74. The molecule has 0 aromatic heterocycles. The third-order valence-corrected chi connectivity index (χ3v) is 2.95. The number of rotatable bonds is 3. The summed E-state index contributed by atoms with van der Waals surface area (Å²) in [5, 5.41) is 0. The van der Waals surface area contributed by atoms with E-state index in [1.54, 1.807) is 0 Å². The Labute approximate surface area is 82.9 Å². The van der Waals surface area contributed by atoms with Gasteiger partial charge in [-0.25, -0.2) is 0 Å². The molecule has 0 bridgehead atoms. The number of aldehydes is 2. The van der Waals surface area contributed by atoms with Crippen LogP contribution in [0.25, 0.3) is 0 Å². The summed E-state index contributed by atoms with van der Waals surface area (Å²) in [5.74, 6) is 0.110. The molecule has 1 aliphatic rings. The van der Waals surface area contributed by atoms with Gasteiger partial charge in [-0.3, -0.25) is 0 Å². The highest BCUT2D eigenvalue weighted by atomic mass is 16.1. The van der Waals surface area contributed by atoms with E-state index < -0.39 is 0 Å². The molecular weight excluding hydrogens is 176 g/mol. The zero-order valence-electron chi connectivity index (χ0n) is 7.85. The smallest absolute Gasteiger partial charge is 0.127 e. The first kappa shape index (κ1) is 9.13. The Hall–Kier alpha value is -1.44. The number of hydrogen-bond acceptors (Lipinski definition) is 2. The maximum Gasteiger partial charge on any atom is 0.127 e. The zero-order chi connectivity index (χ0) is 9.97. The number of benzene rings is 1. The Morgan fingerprint density at radius 2 is 2.07 bits per heavy atom. The fourth-order valence-electron chi connectivity index (χ4n) is 2.25. The SMILES string of the molecule is O=CCC1Cc2ccccc2C1C=O. The van der Waals surface area contributed by atoms with Gasteiger partial charge in [-0.15, -0.1) is 0 Å². The lowest BCUT2D eigenvalue weighted by molar-refractivity contribution is -0.111. The standard InChI is InChI=1S/C12H12O2/c13-6-5-10-7-9-3-1-2-4-11(9)12(10)8-14/h1-4,6,8,10,12H,5,7H2. The molecule has 1 aromatic carbocycles. The van der Waals surface area contributed by atoms with Crippen molar-refractivity contribution in [3.8, 4) is 0 Å². The molecular formula is C12H12O2. The Balaban J connectivity index is 2.33. The largest absolute Gasteiger partial charge is 0.303 e. The van der Waals surface area contributed by atoms with Gasteiger partial charge in [0.05, 0.1) is 0 Å². The van der Waals surface area contributed by atoms with Gasteiger partial charge in [-0.2, -0.15) is 0 Å². The van der Waals surface area contributed by atoms with E-state index in [9.17, 15) is 9.59 Å². The van der Waals surface area contributed by atoms with Crippen molar-refractivity contribution >= 4 is 12.6 Å². The van der Waals surface area contributed by atoms with E-state index in [0.717, 1.165) is 24.6 Å². The maximum atomic E-state index is 10.9. The van der Waals surface area contributed by atoms with Gasteiger partial charge in [0.1, 0.15) is 12.6 Å². The molecule has 0 amide bonds. The molecule has 1 aliphatic carbocycles. The highest BCUT2D eigenvalue weighted by Crippen LogP contribution is 2.37. The van der Waals surface area contributed by atoms with Crippen LogP contribution in [0.2, 0.25) is 0 Å². The van der Waals surface area contributed by atoms with E-state index in [2.05, 4.69) is 0 Å². The summed E-state index contributed by atoms with van der Waals surface area (Å²) in [4.78, 5) is 21.4. The van der Waals surface area contributed by atoms with Crippen molar-refractivity contribution < 1.29 is 9.59 Å². The molecule has 2 unspecified atom stereocenters. The molecule has 0 aliphatic heterocycles. The molecule has 2 nitrogen and oxygen atoms in total. The van der Waals surface area contributed by atoms with Crippen molar-refractivity contribution in [2.75, 3.05) is 0 Å². The second-order valence-electron chi connectivity index (χ2n) is 3.73. The van der Waals surface area contributed by atoms with E-state index in [-0.39, 0.29) is 11.8 Å². The van der Waals surface area contributed by atoms with Crippen LogP contribution in [0, 0.1) is 5.92 Å². The molecule has 2 rings (SSSR count). The minimum Gasteiger partial charge on any atom is -0.303 e. The monoisotopic (exact) mass is 188 g/mol. The van der Waals surface area contributed by atoms with Crippen molar-refractivity contribution in [3.05, 3.63) is 35.4 Å². The second-order valence-corrected chi connectivity index (χ2v) is 3.73. The van der Waals surface area contributed by atoms with Crippen molar-refractivity contribution in [2.45, 2.75) is 18.8 Å². The lowest BCUT2D eigenvalue weighted by Gasteiger charge is -2.10. The summed E-state index contributed by atoms with van der Waals surface area (Å²) in [6.45, 7) is 0. The Morgan fingerprint density at radius 1 is 1.29 bits per heavy atom. The minimum absolute atomic E-state index is 0.0728. The average molecular weight is 188 g/mol. The molecule has 0 N–H and O–H groups in total. The fourth-order valence-corrected chi connectivity index (χ4v) is 2.25. The van der Waals surface area contributed by atoms with Gasteiger partial charge in [0.25, 0.3) is 0 Å². The molecule has 14 heavy (non-hydrogen) atoms. The normalized spacial score (nSPS) is 24.3. The predicted octanol–water partition coefficient (Wildman–Crippen LogP) is 1.73. The molecule has 2 atom stereocenters. The number of hydrogen-bond donors (Lipinski definition) is 0. The van der Waals surface area contributed by atoms with Gasteiger partial charge in [-0.05, 0) is 23.5 Å². The average Bonchev–Trinajstić information content (AvgIpc) is 2.55. The molecule has 0 spiro atoms. The number of carbonyl (C=O) groups excluding carboxylic acids is 2. The van der Waals surface area contributed by atoms with E-state index >= 15 is 0 Å². The third-order valence-electron chi connectivity index (χ3n) is 2.95. The lowest BCUT2D eigenvalue weighted by atomic mass is 9.92. The van der Waals surface area contributed by atoms with Crippen molar-refractivity contribution in [2.24, 2.45) is 5.92 Å². The first-order valence-electron chi connectivity index (χ1n) is 4.83. The lowest BCUT2D eigenvalue weighted by Crippen LogP contribution is -2.09. The molecule has 0 saturated carbocycles.